The first-order valence-corrected chi connectivity index (χ1v) is 10.8. The maximum atomic E-state index is 12.9. The van der Waals surface area contributed by atoms with E-state index in [9.17, 15) is 4.79 Å². The molecular weight excluding hydrogens is 402 g/mol. The third-order valence-electron chi connectivity index (χ3n) is 6.04. The molecule has 4 heteroatoms. The van der Waals surface area contributed by atoms with E-state index < -0.39 is 0 Å². The number of ether oxygens (including phenoxy) is 1. The number of nitrogens with zero attached hydrogens (tertiary/aromatic N) is 1. The van der Waals surface area contributed by atoms with Gasteiger partial charge in [-0.15, -0.1) is 0 Å². The summed E-state index contributed by atoms with van der Waals surface area (Å²) in [7, 11) is 0. The number of benzene rings is 2. The summed E-state index contributed by atoms with van der Waals surface area (Å²) >= 11 is 3.62. The number of halogens is 1. The molecule has 0 bridgehead atoms. The van der Waals surface area contributed by atoms with Gasteiger partial charge in [0.1, 0.15) is 5.75 Å². The highest BCUT2D eigenvalue weighted by Gasteiger charge is 2.36. The molecule has 4 rings (SSSR count). The molecule has 1 amide bonds. The zero-order valence-electron chi connectivity index (χ0n) is 15.6. The molecule has 0 N–H and O–H groups in total. The number of hydrogen-bond acceptors (Lipinski definition) is 2. The largest absolute Gasteiger partial charge is 0.464 e. The molecule has 0 spiro atoms. The van der Waals surface area contributed by atoms with Gasteiger partial charge in [-0.3, -0.25) is 4.79 Å². The van der Waals surface area contributed by atoms with Crippen molar-refractivity contribution < 1.29 is 9.53 Å². The van der Waals surface area contributed by atoms with E-state index in [4.69, 9.17) is 4.74 Å². The number of fused-ring (bicyclic) bond motifs is 1. The van der Waals surface area contributed by atoms with Gasteiger partial charge in [0.05, 0.1) is 10.7 Å². The smallest absolute Gasteiger partial charge is 0.226 e. The summed E-state index contributed by atoms with van der Waals surface area (Å²) in [5.74, 6) is 1.27. The summed E-state index contributed by atoms with van der Waals surface area (Å²) in [5.41, 5.74) is 1.23. The van der Waals surface area contributed by atoms with Crippen LogP contribution in [0.1, 0.15) is 44.1 Å². The Morgan fingerprint density at radius 3 is 2.74 bits per heavy atom. The second-order valence-corrected chi connectivity index (χ2v) is 8.52. The summed E-state index contributed by atoms with van der Waals surface area (Å²) in [5, 5.41) is 2.27. The third kappa shape index (κ3) is 3.77. The highest BCUT2D eigenvalue weighted by molar-refractivity contribution is 9.10. The van der Waals surface area contributed by atoms with Crippen molar-refractivity contribution in [1.82, 2.24) is 4.90 Å². The van der Waals surface area contributed by atoms with Crippen molar-refractivity contribution in [2.45, 2.75) is 51.0 Å². The first kappa shape index (κ1) is 18.5. The Morgan fingerprint density at radius 1 is 1.15 bits per heavy atom. The molecule has 27 heavy (non-hydrogen) atoms. The fourth-order valence-corrected chi connectivity index (χ4v) is 5.21. The lowest BCUT2D eigenvalue weighted by molar-refractivity contribution is -0.133. The first-order chi connectivity index (χ1) is 13.2. The molecule has 1 atom stereocenters. The number of amides is 1. The van der Waals surface area contributed by atoms with E-state index in [2.05, 4.69) is 51.7 Å². The molecule has 1 unspecified atom stereocenters. The number of carbonyl (C=O) groups is 1. The van der Waals surface area contributed by atoms with Gasteiger partial charge in [-0.2, -0.15) is 0 Å². The number of rotatable bonds is 5. The fourth-order valence-electron chi connectivity index (χ4n) is 4.62. The van der Waals surface area contributed by atoms with Crippen LogP contribution < -0.4 is 4.74 Å². The van der Waals surface area contributed by atoms with Gasteiger partial charge in [-0.25, -0.2) is 0 Å². The zero-order chi connectivity index (χ0) is 18.8. The van der Waals surface area contributed by atoms with Crippen LogP contribution in [0.25, 0.3) is 10.8 Å². The van der Waals surface area contributed by atoms with Crippen molar-refractivity contribution in [3.8, 4) is 5.75 Å². The van der Waals surface area contributed by atoms with E-state index in [1.54, 1.807) is 0 Å². The Balaban J connectivity index is 1.49. The average Bonchev–Trinajstić information content (AvgIpc) is 3.05. The fraction of sp³-hybridized carbons (Fsp3) is 0.435. The van der Waals surface area contributed by atoms with Crippen LogP contribution in [0, 0.1) is 5.92 Å². The van der Waals surface area contributed by atoms with Gasteiger partial charge in [0.15, 0.2) is 0 Å². The van der Waals surface area contributed by atoms with Crippen molar-refractivity contribution in [1.29, 1.82) is 0 Å². The van der Waals surface area contributed by atoms with Crippen LogP contribution in [0.5, 0.6) is 5.75 Å². The summed E-state index contributed by atoms with van der Waals surface area (Å²) < 4.78 is 6.37. The zero-order valence-corrected chi connectivity index (χ0v) is 17.2. The highest BCUT2D eigenvalue weighted by Crippen LogP contribution is 2.35. The van der Waals surface area contributed by atoms with Crippen molar-refractivity contribution in [3.05, 3.63) is 53.2 Å². The van der Waals surface area contributed by atoms with Gasteiger partial charge in [0.25, 0.3) is 0 Å². The molecule has 2 aromatic rings. The Bertz CT molecular complexity index is 857. The molecule has 2 aromatic carbocycles. The maximum absolute atomic E-state index is 12.9. The van der Waals surface area contributed by atoms with Crippen molar-refractivity contribution in [3.63, 3.8) is 0 Å². The topological polar surface area (TPSA) is 29.5 Å². The average molecular weight is 428 g/mol. The van der Waals surface area contributed by atoms with Gasteiger partial charge in [-0.05, 0) is 64.0 Å². The normalized spacial score (nSPS) is 21.0. The van der Waals surface area contributed by atoms with Crippen LogP contribution in [-0.2, 0) is 11.2 Å². The van der Waals surface area contributed by atoms with E-state index in [-0.39, 0.29) is 5.92 Å². The van der Waals surface area contributed by atoms with Gasteiger partial charge in [0, 0.05) is 18.5 Å². The monoisotopic (exact) mass is 427 g/mol. The summed E-state index contributed by atoms with van der Waals surface area (Å²) in [6.45, 7) is 4.56. The number of carbonyl (C=O) groups excluding carboxylic acids is 1. The molecule has 2 fully saturated rings. The van der Waals surface area contributed by atoms with Crippen LogP contribution in [0.4, 0.5) is 0 Å². The van der Waals surface area contributed by atoms with E-state index in [0.29, 0.717) is 11.9 Å². The molecule has 1 heterocycles. The van der Waals surface area contributed by atoms with Crippen LogP contribution in [0.2, 0.25) is 0 Å². The van der Waals surface area contributed by atoms with Crippen LogP contribution >= 0.6 is 15.9 Å². The predicted octanol–water partition coefficient (Wildman–Crippen LogP) is 5.85. The van der Waals surface area contributed by atoms with Crippen molar-refractivity contribution in [2.75, 3.05) is 6.54 Å². The van der Waals surface area contributed by atoms with Gasteiger partial charge in [-0.1, -0.05) is 50.1 Å². The number of hydrogen-bond donors (Lipinski definition) is 0. The summed E-state index contributed by atoms with van der Waals surface area (Å²) in [4.78, 5) is 15.1. The SMILES string of the molecule is C=COc1ccc2cc(CC3CCN(C4CCCCC4)C3=O)ccc2c1Br. The van der Waals surface area contributed by atoms with Gasteiger partial charge >= 0.3 is 0 Å². The lowest BCUT2D eigenvalue weighted by Gasteiger charge is -2.31. The molecule has 1 aliphatic heterocycles. The summed E-state index contributed by atoms with van der Waals surface area (Å²) in [6, 6.07) is 11.0. The van der Waals surface area contributed by atoms with Gasteiger partial charge < -0.3 is 9.64 Å². The lowest BCUT2D eigenvalue weighted by atomic mass is 9.93. The Kier molecular flexibility index (Phi) is 5.53. The van der Waals surface area contributed by atoms with Crippen molar-refractivity contribution in [2.24, 2.45) is 5.92 Å². The Labute approximate surface area is 169 Å². The maximum Gasteiger partial charge on any atom is 0.226 e. The molecular formula is C23H26BrNO2. The van der Waals surface area contributed by atoms with Crippen molar-refractivity contribution >= 4 is 32.6 Å². The second kappa shape index (κ2) is 8.05. The van der Waals surface area contributed by atoms with E-state index >= 15 is 0 Å². The lowest BCUT2D eigenvalue weighted by Crippen LogP contribution is -2.39. The molecule has 142 valence electrons. The first-order valence-electron chi connectivity index (χ1n) is 9.96. The quantitative estimate of drug-likeness (QED) is 0.560. The summed E-state index contributed by atoms with van der Waals surface area (Å²) in [6.07, 6.45) is 9.52. The minimum Gasteiger partial charge on any atom is -0.464 e. The van der Waals surface area contributed by atoms with Crippen LogP contribution in [0.15, 0.2) is 47.6 Å². The molecule has 0 radical (unpaired) electrons. The number of likely N-dealkylation sites (tertiary alicyclic amines) is 1. The van der Waals surface area contributed by atoms with E-state index in [1.807, 2.05) is 6.07 Å². The molecule has 1 saturated carbocycles. The molecule has 3 nitrogen and oxygen atoms in total. The Morgan fingerprint density at radius 2 is 1.96 bits per heavy atom. The Hall–Kier alpha value is -1.81. The van der Waals surface area contributed by atoms with E-state index in [1.165, 1.54) is 43.9 Å². The van der Waals surface area contributed by atoms with E-state index in [0.717, 1.165) is 40.4 Å². The molecule has 1 saturated heterocycles. The standard InChI is InChI=1S/C23H26BrNO2/c1-2-27-21-11-9-17-14-16(8-10-20(17)22(21)24)15-18-12-13-25(23(18)26)19-6-4-3-5-7-19/h2,8-11,14,18-19H,1,3-7,12-13,15H2. The predicted molar refractivity (Wildman–Crippen MR) is 113 cm³/mol. The molecule has 0 aromatic heterocycles. The second-order valence-electron chi connectivity index (χ2n) is 7.73. The van der Waals surface area contributed by atoms with Gasteiger partial charge in [0.2, 0.25) is 5.91 Å². The highest BCUT2D eigenvalue weighted by atomic mass is 79.9. The molecule has 2 aliphatic rings. The minimum absolute atomic E-state index is 0.135. The molecule has 1 aliphatic carbocycles. The van der Waals surface area contributed by atoms with Crippen LogP contribution in [-0.4, -0.2) is 23.4 Å². The third-order valence-corrected chi connectivity index (χ3v) is 6.86. The minimum atomic E-state index is 0.135. The van der Waals surface area contributed by atoms with Crippen LogP contribution in [0.3, 0.4) is 0 Å².